The first-order chi connectivity index (χ1) is 10.0. The summed E-state index contributed by atoms with van der Waals surface area (Å²) in [6, 6.07) is 7.97. The van der Waals surface area contributed by atoms with E-state index in [-0.39, 0.29) is 18.9 Å². The first-order valence-electron chi connectivity index (χ1n) is 6.57. The van der Waals surface area contributed by atoms with Crippen LogP contribution in [-0.2, 0) is 16.0 Å². The molecule has 1 saturated heterocycles. The Kier molecular flexibility index (Phi) is 5.14. The number of carbonyl (C=O) groups excluding carboxylic acids is 1. The molecule has 1 aromatic rings. The normalized spacial score (nSPS) is 16.8. The van der Waals surface area contributed by atoms with E-state index in [1.165, 1.54) is 22.2 Å². The summed E-state index contributed by atoms with van der Waals surface area (Å²) in [5.41, 5.74) is 2.17. The van der Waals surface area contributed by atoms with Crippen molar-refractivity contribution in [2.24, 2.45) is 0 Å². The van der Waals surface area contributed by atoms with Crippen molar-refractivity contribution in [1.82, 2.24) is 4.90 Å². The first-order valence-corrected chi connectivity index (χ1v) is 7.80. The molecule has 1 amide bonds. The number of hydrogen-bond acceptors (Lipinski definition) is 4. The molecule has 4 nitrogen and oxygen atoms in total. The minimum absolute atomic E-state index is 0.106. The van der Waals surface area contributed by atoms with Crippen molar-refractivity contribution in [2.45, 2.75) is 19.8 Å². The van der Waals surface area contributed by atoms with E-state index >= 15 is 0 Å². The molecule has 1 N–H and O–H groups in total. The third-order valence-electron chi connectivity index (χ3n) is 3.11. The SMILES string of the molecule is CCc1ccc(/C=C2\SC(=S)N(CCC(=O)O)C2=O)cc1. The van der Waals surface area contributed by atoms with E-state index in [2.05, 4.69) is 6.92 Å². The van der Waals surface area contributed by atoms with Gasteiger partial charge >= 0.3 is 5.97 Å². The van der Waals surface area contributed by atoms with Gasteiger partial charge in [-0.15, -0.1) is 0 Å². The monoisotopic (exact) mass is 321 g/mol. The topological polar surface area (TPSA) is 57.6 Å². The molecule has 21 heavy (non-hydrogen) atoms. The lowest BCUT2D eigenvalue weighted by Gasteiger charge is -2.12. The van der Waals surface area contributed by atoms with Gasteiger partial charge in [0.2, 0.25) is 0 Å². The van der Waals surface area contributed by atoms with Crippen molar-refractivity contribution in [3.05, 3.63) is 40.3 Å². The van der Waals surface area contributed by atoms with E-state index in [0.29, 0.717) is 9.23 Å². The molecule has 1 heterocycles. The Morgan fingerprint density at radius 2 is 2.05 bits per heavy atom. The van der Waals surface area contributed by atoms with Crippen LogP contribution in [0.1, 0.15) is 24.5 Å². The zero-order chi connectivity index (χ0) is 15.4. The Hall–Kier alpha value is -1.66. The zero-order valence-electron chi connectivity index (χ0n) is 11.5. The molecule has 2 rings (SSSR count). The summed E-state index contributed by atoms with van der Waals surface area (Å²) in [5, 5.41) is 8.69. The Balaban J connectivity index is 2.13. The molecular formula is C15H15NO3S2. The summed E-state index contributed by atoms with van der Waals surface area (Å²) in [5.74, 6) is -1.16. The van der Waals surface area contributed by atoms with Gasteiger partial charge in [-0.3, -0.25) is 14.5 Å². The number of aliphatic carboxylic acids is 1. The molecule has 0 radical (unpaired) electrons. The maximum Gasteiger partial charge on any atom is 0.305 e. The third-order valence-corrected chi connectivity index (χ3v) is 4.49. The van der Waals surface area contributed by atoms with Gasteiger partial charge in [0.25, 0.3) is 5.91 Å². The molecule has 0 saturated carbocycles. The van der Waals surface area contributed by atoms with Gasteiger partial charge in [0.1, 0.15) is 4.32 Å². The van der Waals surface area contributed by atoms with Crippen LogP contribution in [0.25, 0.3) is 6.08 Å². The van der Waals surface area contributed by atoms with Gasteiger partial charge in [-0.05, 0) is 23.6 Å². The predicted octanol–water partition coefficient (Wildman–Crippen LogP) is 2.92. The average molecular weight is 321 g/mol. The Morgan fingerprint density at radius 1 is 1.38 bits per heavy atom. The summed E-state index contributed by atoms with van der Waals surface area (Å²) in [7, 11) is 0. The van der Waals surface area contributed by atoms with Crippen LogP contribution in [-0.4, -0.2) is 32.7 Å². The number of carboxylic acids is 1. The van der Waals surface area contributed by atoms with Crippen LogP contribution in [0.15, 0.2) is 29.2 Å². The van der Waals surface area contributed by atoms with Crippen molar-refractivity contribution >= 4 is 46.3 Å². The van der Waals surface area contributed by atoms with Gasteiger partial charge in [0, 0.05) is 6.54 Å². The molecule has 0 spiro atoms. The average Bonchev–Trinajstić information content (AvgIpc) is 2.72. The lowest BCUT2D eigenvalue weighted by atomic mass is 10.1. The summed E-state index contributed by atoms with van der Waals surface area (Å²) >= 11 is 6.35. The number of carbonyl (C=O) groups is 2. The van der Waals surface area contributed by atoms with Crippen LogP contribution in [0.4, 0.5) is 0 Å². The number of amides is 1. The second-order valence-electron chi connectivity index (χ2n) is 4.57. The molecule has 110 valence electrons. The number of thioether (sulfide) groups is 1. The van der Waals surface area contributed by atoms with Crippen LogP contribution in [0.3, 0.4) is 0 Å². The fourth-order valence-electron chi connectivity index (χ4n) is 1.90. The molecule has 1 aliphatic rings. The van der Waals surface area contributed by atoms with Crippen molar-refractivity contribution < 1.29 is 14.7 Å². The number of hydrogen-bond donors (Lipinski definition) is 1. The molecule has 0 aromatic heterocycles. The smallest absolute Gasteiger partial charge is 0.305 e. The van der Waals surface area contributed by atoms with Gasteiger partial charge in [-0.1, -0.05) is 55.2 Å². The summed E-state index contributed by atoms with van der Waals surface area (Å²) in [4.78, 5) is 24.7. The highest BCUT2D eigenvalue weighted by Gasteiger charge is 2.31. The zero-order valence-corrected chi connectivity index (χ0v) is 13.2. The van der Waals surface area contributed by atoms with Crippen LogP contribution in [0.2, 0.25) is 0 Å². The molecule has 0 unspecified atom stereocenters. The second kappa shape index (κ2) is 6.87. The Morgan fingerprint density at radius 3 is 2.62 bits per heavy atom. The van der Waals surface area contributed by atoms with Crippen LogP contribution in [0, 0.1) is 0 Å². The molecular weight excluding hydrogens is 306 g/mol. The fraction of sp³-hybridized carbons (Fsp3) is 0.267. The van der Waals surface area contributed by atoms with Crippen molar-refractivity contribution in [3.63, 3.8) is 0 Å². The van der Waals surface area contributed by atoms with E-state index < -0.39 is 5.97 Å². The number of benzene rings is 1. The highest BCUT2D eigenvalue weighted by Crippen LogP contribution is 2.32. The maximum atomic E-state index is 12.2. The van der Waals surface area contributed by atoms with Crippen molar-refractivity contribution in [2.75, 3.05) is 6.54 Å². The highest BCUT2D eigenvalue weighted by molar-refractivity contribution is 8.26. The van der Waals surface area contributed by atoms with Crippen LogP contribution in [0.5, 0.6) is 0 Å². The number of thiocarbonyl (C=S) groups is 1. The molecule has 1 fully saturated rings. The predicted molar refractivity (Wildman–Crippen MR) is 88.0 cm³/mol. The minimum Gasteiger partial charge on any atom is -0.481 e. The maximum absolute atomic E-state index is 12.2. The second-order valence-corrected chi connectivity index (χ2v) is 6.25. The van der Waals surface area contributed by atoms with Crippen molar-refractivity contribution in [3.8, 4) is 0 Å². The molecule has 1 aliphatic heterocycles. The molecule has 0 atom stereocenters. The Bertz CT molecular complexity index is 608. The molecule has 6 heteroatoms. The summed E-state index contributed by atoms with van der Waals surface area (Å²) < 4.78 is 0.415. The molecule has 0 aliphatic carbocycles. The van der Waals surface area contributed by atoms with E-state index in [1.807, 2.05) is 24.3 Å². The molecule has 0 bridgehead atoms. The lowest BCUT2D eigenvalue weighted by Crippen LogP contribution is -2.30. The lowest BCUT2D eigenvalue weighted by molar-refractivity contribution is -0.137. The van der Waals surface area contributed by atoms with E-state index in [9.17, 15) is 9.59 Å². The number of carboxylic acid groups (broad SMARTS) is 1. The number of rotatable bonds is 5. The van der Waals surface area contributed by atoms with Gasteiger partial charge in [-0.2, -0.15) is 0 Å². The Labute approximate surface area is 132 Å². The highest BCUT2D eigenvalue weighted by atomic mass is 32.2. The third kappa shape index (κ3) is 3.92. The van der Waals surface area contributed by atoms with E-state index in [1.54, 1.807) is 6.08 Å². The van der Waals surface area contributed by atoms with Crippen molar-refractivity contribution in [1.29, 1.82) is 0 Å². The number of nitrogens with zero attached hydrogens (tertiary/aromatic N) is 1. The fourth-order valence-corrected chi connectivity index (χ4v) is 3.21. The minimum atomic E-state index is -0.941. The summed E-state index contributed by atoms with van der Waals surface area (Å²) in [6.07, 6.45) is 2.65. The van der Waals surface area contributed by atoms with Gasteiger partial charge in [0.05, 0.1) is 11.3 Å². The largest absolute Gasteiger partial charge is 0.481 e. The molecule has 1 aromatic carbocycles. The van der Waals surface area contributed by atoms with Gasteiger partial charge in [-0.25, -0.2) is 0 Å². The van der Waals surface area contributed by atoms with E-state index in [4.69, 9.17) is 17.3 Å². The van der Waals surface area contributed by atoms with Crippen LogP contribution >= 0.6 is 24.0 Å². The van der Waals surface area contributed by atoms with Crippen LogP contribution < -0.4 is 0 Å². The standard InChI is InChI=1S/C15H15NO3S2/c1-2-10-3-5-11(6-4-10)9-12-14(19)16(15(20)21-12)8-7-13(17)18/h3-6,9H,2,7-8H2,1H3,(H,17,18)/b12-9-. The quantitative estimate of drug-likeness (QED) is 0.667. The van der Waals surface area contributed by atoms with Gasteiger partial charge < -0.3 is 5.11 Å². The number of aryl methyl sites for hydroxylation is 1. The van der Waals surface area contributed by atoms with Gasteiger partial charge in [0.15, 0.2) is 0 Å². The van der Waals surface area contributed by atoms with E-state index in [0.717, 1.165) is 12.0 Å². The summed E-state index contributed by atoms with van der Waals surface area (Å²) in [6.45, 7) is 2.20. The first kappa shape index (κ1) is 15.7.